The molecule has 1 aliphatic rings. The van der Waals surface area contributed by atoms with Crippen LogP contribution in [0.4, 0.5) is 39.5 Å². The van der Waals surface area contributed by atoms with Crippen molar-refractivity contribution in [2.24, 2.45) is 0 Å². The van der Waals surface area contributed by atoms with Crippen molar-refractivity contribution >= 4 is 29.5 Å². The molecule has 24 heteroatoms. The molecule has 5 amide bonds. The van der Waals surface area contributed by atoms with Crippen molar-refractivity contribution < 1.29 is 82.8 Å². The van der Waals surface area contributed by atoms with Gasteiger partial charge in [-0.25, -0.2) is 0 Å². The zero-order valence-electron chi connectivity index (χ0n) is 41.8. The molecule has 1 fully saturated rings. The van der Waals surface area contributed by atoms with E-state index in [0.29, 0.717) is 48.6 Å². The normalized spacial score (nSPS) is 15.1. The van der Waals surface area contributed by atoms with Crippen LogP contribution in [-0.2, 0) is 34.3 Å². The van der Waals surface area contributed by atoms with Crippen LogP contribution in [0.2, 0.25) is 0 Å². The summed E-state index contributed by atoms with van der Waals surface area (Å²) in [5.41, 5.74) is 1.37. The lowest BCUT2D eigenvalue weighted by Crippen LogP contribution is -2.44. The summed E-state index contributed by atoms with van der Waals surface area (Å²) in [6, 6.07) is 24.4. The van der Waals surface area contributed by atoms with Gasteiger partial charge in [0.2, 0.25) is 11.8 Å². The summed E-state index contributed by atoms with van der Waals surface area (Å²) >= 11 is 0. The molecule has 1 aliphatic heterocycles. The number of methoxy groups -OCH3 is 2. The lowest BCUT2D eigenvalue weighted by Gasteiger charge is -2.38. The molecule has 0 radical (unpaired) electrons. The fraction of sp³-hybridized carbons (Fsp3) is 0.549. The van der Waals surface area contributed by atoms with Crippen LogP contribution in [0.1, 0.15) is 80.9 Å². The van der Waals surface area contributed by atoms with E-state index in [0.717, 1.165) is 16.7 Å². The van der Waals surface area contributed by atoms with Gasteiger partial charge in [0.15, 0.2) is 0 Å². The topological polar surface area (TPSA) is 179 Å². The van der Waals surface area contributed by atoms with Crippen molar-refractivity contribution in [2.45, 2.75) is 100 Å². The molecule has 3 aromatic carbocycles. The average Bonchev–Trinajstić information content (AvgIpc) is 3.76. The maximum atomic E-state index is 13.6. The van der Waals surface area contributed by atoms with E-state index in [2.05, 4.69) is 10.6 Å². The van der Waals surface area contributed by atoms with Gasteiger partial charge in [0.05, 0.1) is 33.0 Å². The number of carbonyl (C=O) groups excluding carboxylic acids is 5. The largest absolute Gasteiger partial charge is 0.497 e. The number of unbranched alkanes of at least 4 members (excludes halogenated alkanes) is 3. The SMILES string of the molecule is COc1ccc(C(OC[C@@H]2C[C@@H](O)CN2C(=O)CCCCCNC(=O)CCNCCCN(CCCCN(CCCNC(=O)C(F)(F)F)C(=O)C(F)(F)F)C(=O)C(F)(F)F)(c2ccccc2)c2ccc(OC)cc2)cc1. The first-order valence-electron chi connectivity index (χ1n) is 24.5. The fourth-order valence-corrected chi connectivity index (χ4v) is 8.58. The van der Waals surface area contributed by atoms with Crippen LogP contribution in [0.5, 0.6) is 11.5 Å². The van der Waals surface area contributed by atoms with Gasteiger partial charge in [-0.1, -0.05) is 61.0 Å². The second kappa shape index (κ2) is 29.2. The minimum atomic E-state index is -5.35. The summed E-state index contributed by atoms with van der Waals surface area (Å²) in [6.45, 7) is -2.16. The lowest BCUT2D eigenvalue weighted by atomic mass is 9.80. The Bertz CT molecular complexity index is 2210. The molecule has 0 unspecified atom stereocenters. The molecular weight excluding hydrogens is 1010 g/mol. The number of hydrogen-bond acceptors (Lipinski definition) is 10. The van der Waals surface area contributed by atoms with Crippen molar-refractivity contribution in [2.75, 3.05) is 79.7 Å². The first-order valence-corrected chi connectivity index (χ1v) is 24.5. The smallest absolute Gasteiger partial charge is 0.471 e. The Morgan fingerprint density at radius 2 is 1.08 bits per heavy atom. The van der Waals surface area contributed by atoms with Crippen molar-refractivity contribution in [3.05, 3.63) is 95.6 Å². The van der Waals surface area contributed by atoms with E-state index in [1.54, 1.807) is 19.1 Å². The first-order chi connectivity index (χ1) is 35.5. The minimum Gasteiger partial charge on any atom is -0.497 e. The Hall–Kier alpha value is -6.14. The predicted molar refractivity (Wildman–Crippen MR) is 256 cm³/mol. The summed E-state index contributed by atoms with van der Waals surface area (Å²) < 4.78 is 134. The zero-order chi connectivity index (χ0) is 55.2. The Labute approximate surface area is 429 Å². The summed E-state index contributed by atoms with van der Waals surface area (Å²) in [6.07, 6.45) is -15.4. The van der Waals surface area contributed by atoms with E-state index in [1.807, 2.05) is 78.9 Å². The second-order valence-electron chi connectivity index (χ2n) is 17.8. The van der Waals surface area contributed by atoms with Crippen LogP contribution in [0.15, 0.2) is 78.9 Å². The van der Waals surface area contributed by atoms with Gasteiger partial charge in [-0.3, -0.25) is 24.0 Å². The van der Waals surface area contributed by atoms with Crippen LogP contribution in [0.25, 0.3) is 0 Å². The number of nitrogens with one attached hydrogen (secondary N) is 3. The number of nitrogens with zero attached hydrogens (tertiary/aromatic N) is 3. The van der Waals surface area contributed by atoms with Crippen molar-refractivity contribution in [3.8, 4) is 11.5 Å². The third kappa shape index (κ3) is 19.2. The highest BCUT2D eigenvalue weighted by Crippen LogP contribution is 2.42. The van der Waals surface area contributed by atoms with E-state index in [-0.39, 0.29) is 75.1 Å². The van der Waals surface area contributed by atoms with E-state index in [4.69, 9.17) is 14.2 Å². The van der Waals surface area contributed by atoms with Gasteiger partial charge < -0.3 is 50.0 Å². The molecule has 4 rings (SSSR count). The molecule has 416 valence electrons. The van der Waals surface area contributed by atoms with Crippen LogP contribution in [0, 0.1) is 0 Å². The highest BCUT2D eigenvalue weighted by Gasteiger charge is 2.45. The standard InChI is InChI=1S/C51H65F9N6O9/c1-73-41-20-16-37(17-21-41)48(36-13-5-3-6-14-36,38-18-22-42(74-2)23-19-38)75-35-39-33-40(67)34-66(39)44(69)15-7-4-8-26-62-43(68)24-28-61-25-11-31-64(46(71)50(55,56)57)29-9-10-30-65(47(72)51(58,59)60)32-12-27-63-45(70)49(52,53)54/h3,5-6,13-14,16-23,39-40,61,67H,4,7-12,15,24-35H2,1-2H3,(H,62,68)(H,63,70)/t39-,40+/m0/s1. The predicted octanol–water partition coefficient (Wildman–Crippen LogP) is 6.65. The average molecular weight is 1080 g/mol. The Balaban J connectivity index is 1.18. The molecule has 0 saturated carbocycles. The first kappa shape index (κ1) is 61.4. The molecule has 0 aromatic heterocycles. The maximum absolute atomic E-state index is 13.6. The van der Waals surface area contributed by atoms with Crippen LogP contribution < -0.4 is 25.4 Å². The monoisotopic (exact) mass is 1080 g/mol. The number of rotatable bonds is 30. The molecule has 0 bridgehead atoms. The maximum Gasteiger partial charge on any atom is 0.471 e. The molecule has 1 saturated heterocycles. The number of carbonyl (C=O) groups is 5. The summed E-state index contributed by atoms with van der Waals surface area (Å²) in [4.78, 5) is 63.4. The third-order valence-corrected chi connectivity index (χ3v) is 12.4. The second-order valence-corrected chi connectivity index (χ2v) is 17.8. The van der Waals surface area contributed by atoms with Crippen molar-refractivity contribution in [3.63, 3.8) is 0 Å². The number of ether oxygens (including phenoxy) is 3. The molecule has 0 spiro atoms. The van der Waals surface area contributed by atoms with Crippen LogP contribution in [0.3, 0.4) is 0 Å². The van der Waals surface area contributed by atoms with Crippen LogP contribution in [-0.4, -0.2) is 160 Å². The summed E-state index contributed by atoms with van der Waals surface area (Å²) in [5.74, 6) is -5.95. The van der Waals surface area contributed by atoms with E-state index in [9.17, 15) is 68.6 Å². The zero-order valence-corrected chi connectivity index (χ0v) is 41.8. The summed E-state index contributed by atoms with van der Waals surface area (Å²) in [7, 11) is 3.17. The van der Waals surface area contributed by atoms with E-state index in [1.165, 1.54) is 5.32 Å². The molecule has 3 aromatic rings. The molecule has 0 aliphatic carbocycles. The van der Waals surface area contributed by atoms with E-state index >= 15 is 0 Å². The number of β-amino-alcohol motifs (C(OH)–C–C–N with tert-alkyl or cyclic N) is 1. The highest BCUT2D eigenvalue weighted by molar-refractivity contribution is 5.83. The van der Waals surface area contributed by atoms with Gasteiger partial charge >= 0.3 is 36.3 Å². The van der Waals surface area contributed by atoms with E-state index < -0.39 is 93.1 Å². The number of aliphatic hydroxyl groups excluding tert-OH is 1. The van der Waals surface area contributed by atoms with Gasteiger partial charge in [0.1, 0.15) is 17.1 Å². The number of amides is 5. The Kier molecular flexibility index (Phi) is 23.9. The molecule has 1 heterocycles. The molecule has 15 nitrogen and oxygen atoms in total. The Morgan fingerprint density at radius 1 is 0.587 bits per heavy atom. The fourth-order valence-electron chi connectivity index (χ4n) is 8.58. The number of alkyl halides is 9. The van der Waals surface area contributed by atoms with Gasteiger partial charge in [0, 0.05) is 65.2 Å². The van der Waals surface area contributed by atoms with Gasteiger partial charge in [0.25, 0.3) is 0 Å². The van der Waals surface area contributed by atoms with Gasteiger partial charge in [-0.05, 0) is 92.4 Å². The van der Waals surface area contributed by atoms with Crippen LogP contribution >= 0.6 is 0 Å². The molecule has 4 N–H and O–H groups in total. The lowest BCUT2D eigenvalue weighted by molar-refractivity contribution is -0.186. The number of benzene rings is 3. The number of likely N-dealkylation sites (tertiary alicyclic amines) is 1. The third-order valence-electron chi connectivity index (χ3n) is 12.4. The highest BCUT2D eigenvalue weighted by atomic mass is 19.4. The number of halogens is 9. The molecule has 2 atom stereocenters. The van der Waals surface area contributed by atoms with Gasteiger partial charge in [-0.15, -0.1) is 0 Å². The molecular formula is C51H65F9N6O9. The quantitative estimate of drug-likeness (QED) is 0.0321. The van der Waals surface area contributed by atoms with Crippen molar-refractivity contribution in [1.82, 2.24) is 30.7 Å². The number of aliphatic hydroxyl groups is 1. The molecule has 75 heavy (non-hydrogen) atoms. The summed E-state index contributed by atoms with van der Waals surface area (Å²) in [5, 5.41) is 17.9. The minimum absolute atomic E-state index is 0.0104. The Morgan fingerprint density at radius 3 is 1.59 bits per heavy atom. The van der Waals surface area contributed by atoms with Gasteiger partial charge in [-0.2, -0.15) is 39.5 Å². The number of hydrogen-bond donors (Lipinski definition) is 4. The van der Waals surface area contributed by atoms with Crippen molar-refractivity contribution in [1.29, 1.82) is 0 Å².